The molecule has 138 valence electrons. The lowest BCUT2D eigenvalue weighted by Gasteiger charge is -2.18. The van der Waals surface area contributed by atoms with Crippen LogP contribution in [0.2, 0.25) is 5.02 Å². The molecule has 0 heterocycles. The number of likely N-dealkylation sites (N-methyl/N-ethyl adjacent to an activating group) is 1. The van der Waals surface area contributed by atoms with Crippen LogP contribution >= 0.6 is 11.6 Å². The van der Waals surface area contributed by atoms with Gasteiger partial charge < -0.3 is 15.5 Å². The van der Waals surface area contributed by atoms with Gasteiger partial charge in [-0.2, -0.15) is 0 Å². The summed E-state index contributed by atoms with van der Waals surface area (Å²) in [6.07, 6.45) is 0. The fourth-order valence-electron chi connectivity index (χ4n) is 2.58. The molecule has 2 aromatic rings. The van der Waals surface area contributed by atoms with Gasteiger partial charge in [-0.1, -0.05) is 35.9 Å². The largest absolute Gasteiger partial charge is 0.345 e. The van der Waals surface area contributed by atoms with E-state index >= 15 is 0 Å². The summed E-state index contributed by atoms with van der Waals surface area (Å²) in [7, 11) is 1.74. The van der Waals surface area contributed by atoms with Crippen molar-refractivity contribution in [2.45, 2.75) is 13.0 Å². The molecule has 0 aliphatic heterocycles. The monoisotopic (exact) mass is 378 g/mol. The first kappa shape index (κ1) is 19.9. The SMILES string of the molecule is C[C@H](NC(=O)C[NH+](C)CC(=O)Nc1cccc(F)c1)c1ccccc1Cl. The van der Waals surface area contributed by atoms with Crippen LogP contribution in [0.4, 0.5) is 10.1 Å². The van der Waals surface area contributed by atoms with Gasteiger partial charge in [0.2, 0.25) is 0 Å². The van der Waals surface area contributed by atoms with E-state index in [9.17, 15) is 14.0 Å². The summed E-state index contributed by atoms with van der Waals surface area (Å²) in [5.41, 5.74) is 1.23. The first-order valence-electron chi connectivity index (χ1n) is 8.25. The smallest absolute Gasteiger partial charge is 0.279 e. The number of rotatable bonds is 7. The number of carbonyl (C=O) groups is 2. The Morgan fingerprint density at radius 1 is 1.12 bits per heavy atom. The van der Waals surface area contributed by atoms with Crippen LogP contribution < -0.4 is 15.5 Å². The Kier molecular flexibility index (Phi) is 7.12. The van der Waals surface area contributed by atoms with Crippen molar-refractivity contribution in [1.29, 1.82) is 0 Å². The minimum atomic E-state index is -0.420. The molecule has 5 nitrogen and oxygen atoms in total. The van der Waals surface area contributed by atoms with Gasteiger partial charge in [0.15, 0.2) is 13.1 Å². The van der Waals surface area contributed by atoms with Gasteiger partial charge in [0.25, 0.3) is 11.8 Å². The van der Waals surface area contributed by atoms with Crippen LogP contribution in [-0.2, 0) is 9.59 Å². The highest BCUT2D eigenvalue weighted by Crippen LogP contribution is 2.21. The Morgan fingerprint density at radius 2 is 1.81 bits per heavy atom. The van der Waals surface area contributed by atoms with Crippen molar-refractivity contribution in [1.82, 2.24) is 5.32 Å². The van der Waals surface area contributed by atoms with Gasteiger partial charge in [0.05, 0.1) is 13.1 Å². The van der Waals surface area contributed by atoms with Gasteiger partial charge in [-0.05, 0) is 36.8 Å². The second-order valence-corrected chi connectivity index (χ2v) is 6.59. The third-order valence-corrected chi connectivity index (χ3v) is 4.13. The predicted molar refractivity (Wildman–Crippen MR) is 99.7 cm³/mol. The van der Waals surface area contributed by atoms with E-state index in [1.165, 1.54) is 18.2 Å². The van der Waals surface area contributed by atoms with Crippen LogP contribution in [0, 0.1) is 5.82 Å². The highest BCUT2D eigenvalue weighted by Gasteiger charge is 2.17. The lowest BCUT2D eigenvalue weighted by molar-refractivity contribution is -0.862. The Morgan fingerprint density at radius 3 is 2.50 bits per heavy atom. The van der Waals surface area contributed by atoms with Crippen molar-refractivity contribution in [3.8, 4) is 0 Å². The molecule has 7 heteroatoms. The van der Waals surface area contributed by atoms with Gasteiger partial charge in [0, 0.05) is 10.7 Å². The van der Waals surface area contributed by atoms with E-state index in [1.54, 1.807) is 19.2 Å². The molecule has 2 aromatic carbocycles. The Hall–Kier alpha value is -2.44. The van der Waals surface area contributed by atoms with Gasteiger partial charge in [-0.25, -0.2) is 4.39 Å². The summed E-state index contributed by atoms with van der Waals surface area (Å²) in [5.74, 6) is -0.898. The Balaban J connectivity index is 1.81. The summed E-state index contributed by atoms with van der Waals surface area (Å²) < 4.78 is 13.1. The number of carbonyl (C=O) groups excluding carboxylic acids is 2. The van der Waals surface area contributed by atoms with E-state index in [4.69, 9.17) is 11.6 Å². The first-order valence-corrected chi connectivity index (χ1v) is 8.63. The molecule has 2 atom stereocenters. The van der Waals surface area contributed by atoms with Crippen LogP contribution in [0.25, 0.3) is 0 Å². The number of halogens is 2. The van der Waals surface area contributed by atoms with E-state index in [1.807, 2.05) is 25.1 Å². The fraction of sp³-hybridized carbons (Fsp3) is 0.263. The molecule has 2 rings (SSSR count). The molecule has 0 radical (unpaired) electrons. The lowest BCUT2D eigenvalue weighted by Crippen LogP contribution is -3.11. The second kappa shape index (κ2) is 9.31. The van der Waals surface area contributed by atoms with E-state index in [0.717, 1.165) is 5.56 Å². The second-order valence-electron chi connectivity index (χ2n) is 6.18. The number of amides is 2. The topological polar surface area (TPSA) is 62.6 Å². The average Bonchev–Trinajstić information content (AvgIpc) is 2.54. The molecule has 0 saturated carbocycles. The molecule has 2 amide bonds. The summed E-state index contributed by atoms with van der Waals surface area (Å²) in [6, 6.07) is 12.8. The van der Waals surface area contributed by atoms with Crippen molar-refractivity contribution in [2.24, 2.45) is 0 Å². The number of quaternary nitrogens is 1. The van der Waals surface area contributed by atoms with Crippen molar-refractivity contribution in [2.75, 3.05) is 25.5 Å². The van der Waals surface area contributed by atoms with Crippen molar-refractivity contribution in [3.63, 3.8) is 0 Å². The third-order valence-electron chi connectivity index (χ3n) is 3.78. The molecule has 0 aliphatic carbocycles. The molecular formula is C19H22ClFN3O2+. The minimum absolute atomic E-state index is 0.0877. The van der Waals surface area contributed by atoms with Crippen molar-refractivity contribution in [3.05, 3.63) is 64.9 Å². The zero-order valence-corrected chi connectivity index (χ0v) is 15.4. The normalized spacial score (nSPS) is 12.9. The molecule has 0 bridgehead atoms. The maximum Gasteiger partial charge on any atom is 0.279 e. The number of benzene rings is 2. The maximum atomic E-state index is 13.1. The number of anilines is 1. The highest BCUT2D eigenvalue weighted by molar-refractivity contribution is 6.31. The van der Waals surface area contributed by atoms with Gasteiger partial charge >= 0.3 is 0 Å². The summed E-state index contributed by atoms with van der Waals surface area (Å²) in [6.45, 7) is 2.07. The minimum Gasteiger partial charge on any atom is -0.345 e. The van der Waals surface area contributed by atoms with Crippen LogP contribution in [0.1, 0.15) is 18.5 Å². The molecule has 0 aromatic heterocycles. The first-order chi connectivity index (χ1) is 12.3. The lowest BCUT2D eigenvalue weighted by atomic mass is 10.1. The van der Waals surface area contributed by atoms with Gasteiger partial charge in [0.1, 0.15) is 5.82 Å². The Bertz CT molecular complexity index is 785. The van der Waals surface area contributed by atoms with E-state index in [2.05, 4.69) is 10.6 Å². The van der Waals surface area contributed by atoms with Crippen LogP contribution in [0.5, 0.6) is 0 Å². The fourth-order valence-corrected chi connectivity index (χ4v) is 2.88. The number of hydrogen-bond donors (Lipinski definition) is 3. The Labute approximate surface area is 157 Å². The van der Waals surface area contributed by atoms with Crippen molar-refractivity contribution < 1.29 is 18.9 Å². The standard InChI is InChI=1S/C19H21ClFN3O2/c1-13(16-8-3-4-9-17(16)20)22-18(25)11-24(2)12-19(26)23-15-7-5-6-14(21)10-15/h3-10,13H,11-12H2,1-2H3,(H,22,25)(H,23,26)/p+1/t13-/m0/s1. The van der Waals surface area contributed by atoms with Crippen LogP contribution in [0.3, 0.4) is 0 Å². The summed E-state index contributed by atoms with van der Waals surface area (Å²) in [5, 5.41) is 6.08. The molecule has 0 saturated heterocycles. The van der Waals surface area contributed by atoms with Gasteiger partial charge in [-0.3, -0.25) is 9.59 Å². The molecular weight excluding hydrogens is 357 g/mol. The van der Waals surface area contributed by atoms with E-state index in [0.29, 0.717) is 15.6 Å². The maximum absolute atomic E-state index is 13.1. The zero-order chi connectivity index (χ0) is 19.1. The quantitative estimate of drug-likeness (QED) is 0.688. The molecule has 26 heavy (non-hydrogen) atoms. The average molecular weight is 379 g/mol. The molecule has 3 N–H and O–H groups in total. The summed E-state index contributed by atoms with van der Waals surface area (Å²) >= 11 is 6.13. The van der Waals surface area contributed by atoms with E-state index in [-0.39, 0.29) is 30.9 Å². The number of nitrogens with one attached hydrogen (secondary N) is 3. The zero-order valence-electron chi connectivity index (χ0n) is 14.7. The third kappa shape index (κ3) is 6.13. The molecule has 1 unspecified atom stereocenters. The molecule has 0 spiro atoms. The molecule has 0 aliphatic rings. The number of hydrogen-bond acceptors (Lipinski definition) is 2. The molecule has 0 fully saturated rings. The van der Waals surface area contributed by atoms with E-state index < -0.39 is 5.82 Å². The predicted octanol–water partition coefficient (Wildman–Crippen LogP) is 1.81. The van der Waals surface area contributed by atoms with Gasteiger partial charge in [-0.15, -0.1) is 0 Å². The summed E-state index contributed by atoms with van der Waals surface area (Å²) in [4.78, 5) is 24.9. The van der Waals surface area contributed by atoms with Crippen molar-refractivity contribution >= 4 is 29.1 Å². The highest BCUT2D eigenvalue weighted by atomic mass is 35.5. The van der Waals surface area contributed by atoms with Crippen LogP contribution in [0.15, 0.2) is 48.5 Å². The van der Waals surface area contributed by atoms with Crippen LogP contribution in [-0.4, -0.2) is 32.0 Å².